The van der Waals surface area contributed by atoms with Gasteiger partial charge in [-0.1, -0.05) is 17.7 Å². The van der Waals surface area contributed by atoms with Gasteiger partial charge in [0.2, 0.25) is 0 Å². The molecule has 1 aromatic carbocycles. The fourth-order valence-corrected chi connectivity index (χ4v) is 2.70. The third-order valence-corrected chi connectivity index (χ3v) is 3.57. The molecule has 1 aliphatic carbocycles. The molecule has 0 amide bonds. The predicted molar refractivity (Wildman–Crippen MR) is 71.5 cm³/mol. The van der Waals surface area contributed by atoms with Gasteiger partial charge in [-0.3, -0.25) is 4.79 Å². The highest BCUT2D eigenvalue weighted by Crippen LogP contribution is 2.26. The fraction of sp³-hybridized carbons (Fsp3) is 0.533. The molecular formula is C15H21NO. The Balaban J connectivity index is 2.11. The Hall–Kier alpha value is -1.31. The average molecular weight is 231 g/mol. The quantitative estimate of drug-likeness (QED) is 0.843. The second-order valence-corrected chi connectivity index (χ2v) is 5.23. The lowest BCUT2D eigenvalue weighted by atomic mass is 9.93. The van der Waals surface area contributed by atoms with Crippen LogP contribution in [0.3, 0.4) is 0 Å². The van der Waals surface area contributed by atoms with Crippen LogP contribution >= 0.6 is 0 Å². The molecular weight excluding hydrogens is 210 g/mol. The average Bonchev–Trinajstić information content (AvgIpc) is 2.26. The molecule has 0 saturated heterocycles. The zero-order chi connectivity index (χ0) is 12.4. The van der Waals surface area contributed by atoms with Crippen LogP contribution in [0.1, 0.15) is 42.4 Å². The monoisotopic (exact) mass is 231 g/mol. The van der Waals surface area contributed by atoms with Gasteiger partial charge in [-0.25, -0.2) is 0 Å². The highest BCUT2D eigenvalue weighted by molar-refractivity contribution is 5.79. The second kappa shape index (κ2) is 4.91. The minimum absolute atomic E-state index is 0.417. The summed E-state index contributed by atoms with van der Waals surface area (Å²) in [5.74, 6) is 0.417. The predicted octanol–water partition coefficient (Wildman–Crippen LogP) is 3.54. The second-order valence-electron chi connectivity index (χ2n) is 5.23. The smallest absolute Gasteiger partial charge is 0.133 e. The Morgan fingerprint density at radius 3 is 2.12 bits per heavy atom. The molecule has 0 aliphatic heterocycles. The van der Waals surface area contributed by atoms with E-state index in [1.54, 1.807) is 0 Å². The van der Waals surface area contributed by atoms with Gasteiger partial charge in [0.25, 0.3) is 0 Å². The van der Waals surface area contributed by atoms with Crippen molar-refractivity contribution in [2.24, 2.45) is 0 Å². The molecule has 1 aliphatic rings. The fourth-order valence-electron chi connectivity index (χ4n) is 2.70. The van der Waals surface area contributed by atoms with Crippen molar-refractivity contribution in [3.05, 3.63) is 28.8 Å². The van der Waals surface area contributed by atoms with Crippen LogP contribution in [0.2, 0.25) is 0 Å². The molecule has 2 nitrogen and oxygen atoms in total. The molecule has 2 rings (SSSR count). The third kappa shape index (κ3) is 2.87. The molecule has 92 valence electrons. The largest absolute Gasteiger partial charge is 0.382 e. The number of benzene rings is 1. The highest BCUT2D eigenvalue weighted by Gasteiger charge is 2.19. The van der Waals surface area contributed by atoms with Crippen LogP contribution in [0, 0.1) is 20.8 Å². The Kier molecular flexibility index (Phi) is 3.51. The number of aryl methyl sites for hydroxylation is 3. The van der Waals surface area contributed by atoms with E-state index in [0.717, 1.165) is 25.7 Å². The van der Waals surface area contributed by atoms with Gasteiger partial charge < -0.3 is 5.32 Å². The molecule has 2 heteroatoms. The van der Waals surface area contributed by atoms with E-state index in [9.17, 15) is 4.79 Å². The van der Waals surface area contributed by atoms with Gasteiger partial charge in [-0.2, -0.15) is 0 Å². The van der Waals surface area contributed by atoms with Crippen molar-refractivity contribution < 1.29 is 4.79 Å². The standard InChI is InChI=1S/C15H21NO/c1-10-8-11(2)15(12(3)9-10)16-13-4-6-14(17)7-5-13/h8-9,13,16H,4-7H2,1-3H3. The van der Waals surface area contributed by atoms with Crippen molar-refractivity contribution in [2.75, 3.05) is 5.32 Å². The molecule has 0 radical (unpaired) electrons. The molecule has 0 spiro atoms. The molecule has 17 heavy (non-hydrogen) atoms. The number of nitrogens with one attached hydrogen (secondary N) is 1. The number of rotatable bonds is 2. The minimum atomic E-state index is 0.417. The molecule has 0 unspecified atom stereocenters. The van der Waals surface area contributed by atoms with E-state index >= 15 is 0 Å². The Labute approximate surface area is 103 Å². The van der Waals surface area contributed by atoms with Crippen LogP contribution in [0.4, 0.5) is 5.69 Å². The Morgan fingerprint density at radius 1 is 1.06 bits per heavy atom. The first-order chi connectivity index (χ1) is 8.06. The summed E-state index contributed by atoms with van der Waals surface area (Å²) in [6.45, 7) is 6.43. The minimum Gasteiger partial charge on any atom is -0.382 e. The molecule has 1 fully saturated rings. The zero-order valence-electron chi connectivity index (χ0n) is 11.0. The number of carbonyl (C=O) groups excluding carboxylic acids is 1. The molecule has 0 heterocycles. The van der Waals surface area contributed by atoms with Crippen molar-refractivity contribution in [2.45, 2.75) is 52.5 Å². The molecule has 0 bridgehead atoms. The summed E-state index contributed by atoms with van der Waals surface area (Å²) in [6, 6.07) is 4.89. The Bertz CT molecular complexity index is 404. The number of ketones is 1. The van der Waals surface area contributed by atoms with Crippen LogP contribution in [-0.2, 0) is 4.79 Å². The van der Waals surface area contributed by atoms with Crippen LogP contribution in [0.5, 0.6) is 0 Å². The summed E-state index contributed by atoms with van der Waals surface area (Å²) in [5, 5.41) is 3.61. The van der Waals surface area contributed by atoms with Gasteiger partial charge in [-0.05, 0) is 44.7 Å². The van der Waals surface area contributed by atoms with E-state index in [4.69, 9.17) is 0 Å². The topological polar surface area (TPSA) is 29.1 Å². The van der Waals surface area contributed by atoms with Crippen LogP contribution in [0.25, 0.3) is 0 Å². The summed E-state index contributed by atoms with van der Waals surface area (Å²) in [4.78, 5) is 11.2. The van der Waals surface area contributed by atoms with Gasteiger partial charge >= 0.3 is 0 Å². The summed E-state index contributed by atoms with van der Waals surface area (Å²) in [6.07, 6.45) is 3.43. The maximum absolute atomic E-state index is 11.2. The van der Waals surface area contributed by atoms with E-state index in [2.05, 4.69) is 38.2 Å². The SMILES string of the molecule is Cc1cc(C)c(NC2CCC(=O)CC2)c(C)c1. The first-order valence-electron chi connectivity index (χ1n) is 6.42. The number of hydrogen-bond donors (Lipinski definition) is 1. The van der Waals surface area contributed by atoms with E-state index in [0.29, 0.717) is 11.8 Å². The van der Waals surface area contributed by atoms with Crippen molar-refractivity contribution in [3.8, 4) is 0 Å². The van der Waals surface area contributed by atoms with Crippen molar-refractivity contribution in [1.82, 2.24) is 0 Å². The third-order valence-electron chi connectivity index (χ3n) is 3.57. The van der Waals surface area contributed by atoms with Crippen molar-refractivity contribution >= 4 is 11.5 Å². The summed E-state index contributed by atoms with van der Waals surface area (Å²) >= 11 is 0. The zero-order valence-corrected chi connectivity index (χ0v) is 11.0. The van der Waals surface area contributed by atoms with Crippen LogP contribution in [-0.4, -0.2) is 11.8 Å². The maximum Gasteiger partial charge on any atom is 0.133 e. The number of Topliss-reactive ketones (excluding diaryl/α,β-unsaturated/α-hetero) is 1. The van der Waals surface area contributed by atoms with Crippen LogP contribution in [0.15, 0.2) is 12.1 Å². The first kappa shape index (κ1) is 12.2. The molecule has 1 saturated carbocycles. The number of carbonyl (C=O) groups is 1. The molecule has 0 atom stereocenters. The highest BCUT2D eigenvalue weighted by atomic mass is 16.1. The lowest BCUT2D eigenvalue weighted by molar-refractivity contribution is -0.120. The normalized spacial score (nSPS) is 17.2. The van der Waals surface area contributed by atoms with Gasteiger partial charge in [0.1, 0.15) is 5.78 Å². The molecule has 1 N–H and O–H groups in total. The number of hydrogen-bond acceptors (Lipinski definition) is 2. The van der Waals surface area contributed by atoms with Gasteiger partial charge in [0.05, 0.1) is 0 Å². The van der Waals surface area contributed by atoms with Crippen LogP contribution < -0.4 is 5.32 Å². The summed E-state index contributed by atoms with van der Waals surface area (Å²) in [7, 11) is 0. The maximum atomic E-state index is 11.2. The first-order valence-corrected chi connectivity index (χ1v) is 6.42. The lowest BCUT2D eigenvalue weighted by Gasteiger charge is -2.25. The van der Waals surface area contributed by atoms with Crippen molar-refractivity contribution in [1.29, 1.82) is 0 Å². The van der Waals surface area contributed by atoms with E-state index < -0.39 is 0 Å². The van der Waals surface area contributed by atoms with Gasteiger partial charge in [-0.15, -0.1) is 0 Å². The summed E-state index contributed by atoms with van der Waals surface area (Å²) in [5.41, 5.74) is 5.18. The molecule has 1 aromatic rings. The Morgan fingerprint density at radius 2 is 1.59 bits per heavy atom. The van der Waals surface area contributed by atoms with Crippen molar-refractivity contribution in [3.63, 3.8) is 0 Å². The van der Waals surface area contributed by atoms with Gasteiger partial charge in [0.15, 0.2) is 0 Å². The number of anilines is 1. The summed E-state index contributed by atoms with van der Waals surface area (Å²) < 4.78 is 0. The van der Waals surface area contributed by atoms with E-state index in [1.165, 1.54) is 22.4 Å². The van der Waals surface area contributed by atoms with E-state index in [1.807, 2.05) is 0 Å². The van der Waals surface area contributed by atoms with E-state index in [-0.39, 0.29) is 0 Å². The lowest BCUT2D eigenvalue weighted by Crippen LogP contribution is -2.26. The van der Waals surface area contributed by atoms with Gasteiger partial charge in [0, 0.05) is 24.6 Å². The molecule has 0 aromatic heterocycles.